The van der Waals surface area contributed by atoms with E-state index in [1.54, 1.807) is 51.2 Å². The van der Waals surface area contributed by atoms with E-state index in [9.17, 15) is 87.9 Å². The maximum Gasteiger partial charge on any atom is 0.326 e. The molecule has 1 aromatic carbocycles. The summed E-state index contributed by atoms with van der Waals surface area (Å²) in [6.45, 7) is 6.04. The Balaban J connectivity index is 1.53. The number of aromatic amines is 3. The summed E-state index contributed by atoms with van der Waals surface area (Å²) in [7, 11) is 0. The molecule has 20 N–H and O–H groups in total. The number of nitrogens with zero attached hydrogens (tertiary/aromatic N) is 2. The Hall–Kier alpha value is -9.48. The summed E-state index contributed by atoms with van der Waals surface area (Å²) >= 11 is 4.20. The lowest BCUT2D eigenvalue weighted by atomic mass is 9.98. The summed E-state index contributed by atoms with van der Waals surface area (Å²) in [5.74, 6) is -16.2. The van der Waals surface area contributed by atoms with Crippen molar-refractivity contribution in [2.75, 3.05) is 18.9 Å². The number of hydrogen-bond donors (Lipinski definition) is 20. The maximum atomic E-state index is 14.5. The van der Waals surface area contributed by atoms with Gasteiger partial charge in [0, 0.05) is 72.3 Å². The van der Waals surface area contributed by atoms with Crippen LogP contribution in [0.4, 0.5) is 0 Å². The third-order valence-electron chi connectivity index (χ3n) is 14.2. The Kier molecular flexibility index (Phi) is 29.5. The lowest BCUT2D eigenvalue weighted by Crippen LogP contribution is -2.62. The van der Waals surface area contributed by atoms with E-state index in [0.29, 0.717) is 28.6 Å². The summed E-state index contributed by atoms with van der Waals surface area (Å²) in [4.78, 5) is 190. The first kappa shape index (κ1) is 74.0. The van der Waals surface area contributed by atoms with Gasteiger partial charge in [-0.3, -0.25) is 57.5 Å². The molecule has 0 aliphatic rings. The molecule has 0 aliphatic carbocycles. The van der Waals surface area contributed by atoms with Crippen LogP contribution in [0.25, 0.3) is 10.9 Å². The number of aliphatic hydroxyl groups is 2. The van der Waals surface area contributed by atoms with Crippen molar-refractivity contribution in [3.63, 3.8) is 0 Å². The molecule has 0 saturated carbocycles. The molecule has 0 radical (unpaired) electrons. The van der Waals surface area contributed by atoms with Gasteiger partial charge in [0.2, 0.25) is 59.1 Å². The second-order valence-corrected chi connectivity index (χ2v) is 22.3. The molecule has 10 amide bonds. The predicted octanol–water partition coefficient (Wildman–Crippen LogP) is -4.73. The highest BCUT2D eigenvalue weighted by atomic mass is 32.1. The number of para-hydroxylation sites is 1. The number of aromatic nitrogens is 5. The van der Waals surface area contributed by atoms with Crippen LogP contribution in [-0.2, 0) is 81.6 Å². The number of carboxylic acid groups (broad SMARTS) is 3. The van der Waals surface area contributed by atoms with Gasteiger partial charge >= 0.3 is 17.9 Å². The van der Waals surface area contributed by atoms with Crippen LogP contribution in [0.15, 0.2) is 55.5 Å². The SMILES string of the molecule is CC[C@H](C)[C@H](NC(=O)[C@H](CC(=O)O)NC(=O)CNC(=O)[C@H](Cc1cnc[nH]1)NC(=O)[C@H](CS)NC(=O)[C@H](CCC(=O)O)NC(=O)[C@H](CC(C)C)NC(=O)[C@@H](NC(=O)[C@H](Cc1c[nH]c2ccccc12)NC(=O)[C@H](Cc1cnc[nH]1)NC(=O)[C@@H](N)CO)[C@@H](C)O)C(=O)O. The second kappa shape index (κ2) is 36.2. The number of aliphatic hydroxyl groups excluding tert-OH is 2. The number of nitrogens with one attached hydrogen (secondary N) is 13. The van der Waals surface area contributed by atoms with Crippen LogP contribution in [0.5, 0.6) is 0 Å². The number of rotatable bonds is 39. The van der Waals surface area contributed by atoms with Gasteiger partial charge in [-0.25, -0.2) is 14.8 Å². The third kappa shape index (κ3) is 23.8. The van der Waals surface area contributed by atoms with Gasteiger partial charge in [-0.15, -0.1) is 0 Å². The topological polar surface area (TPSA) is 543 Å². The molecular formula is C56H80N16O18S. The largest absolute Gasteiger partial charge is 0.481 e. The number of aliphatic carboxylic acids is 3. The number of fused-ring (bicyclic) bond motifs is 1. The van der Waals surface area contributed by atoms with Gasteiger partial charge in [0.25, 0.3) is 0 Å². The number of H-pyrrole nitrogens is 3. The van der Waals surface area contributed by atoms with E-state index >= 15 is 0 Å². The third-order valence-corrected chi connectivity index (χ3v) is 14.6. The van der Waals surface area contributed by atoms with E-state index in [1.807, 2.05) is 0 Å². The molecule has 0 saturated heterocycles. The number of carbonyl (C=O) groups excluding carboxylic acids is 10. The molecule has 12 atom stereocenters. The molecule has 0 spiro atoms. The first-order chi connectivity index (χ1) is 43.0. The van der Waals surface area contributed by atoms with Gasteiger partial charge in [-0.1, -0.05) is 52.3 Å². The molecule has 91 heavy (non-hydrogen) atoms. The summed E-state index contributed by atoms with van der Waals surface area (Å²) < 4.78 is 0. The number of thiol groups is 1. The van der Waals surface area contributed by atoms with Gasteiger partial charge < -0.3 is 99.4 Å². The van der Waals surface area contributed by atoms with Crippen LogP contribution in [0.1, 0.15) is 83.7 Å². The zero-order valence-corrected chi connectivity index (χ0v) is 51.3. The number of nitrogens with two attached hydrogens (primary N) is 1. The van der Waals surface area contributed by atoms with E-state index in [0.717, 1.165) is 6.92 Å². The van der Waals surface area contributed by atoms with Crippen LogP contribution in [0, 0.1) is 11.8 Å². The van der Waals surface area contributed by atoms with E-state index in [1.165, 1.54) is 32.0 Å². The van der Waals surface area contributed by atoms with Crippen LogP contribution in [0.2, 0.25) is 0 Å². The van der Waals surface area contributed by atoms with E-state index in [2.05, 4.69) is 90.7 Å². The number of hydrogen-bond acceptors (Lipinski definition) is 19. The highest BCUT2D eigenvalue weighted by Gasteiger charge is 2.38. The second-order valence-electron chi connectivity index (χ2n) is 21.9. The fourth-order valence-electron chi connectivity index (χ4n) is 9.04. The maximum absolute atomic E-state index is 14.5. The Morgan fingerprint density at radius 3 is 1.63 bits per heavy atom. The molecular weight excluding hydrogens is 1220 g/mol. The van der Waals surface area contributed by atoms with Crippen molar-refractivity contribution in [2.45, 2.75) is 153 Å². The number of carboxylic acids is 3. The molecule has 0 aliphatic heterocycles. The highest BCUT2D eigenvalue weighted by Crippen LogP contribution is 2.20. The molecule has 0 bridgehead atoms. The van der Waals surface area contributed by atoms with E-state index in [-0.39, 0.29) is 37.3 Å². The molecule has 498 valence electrons. The highest BCUT2D eigenvalue weighted by molar-refractivity contribution is 7.80. The smallest absolute Gasteiger partial charge is 0.326 e. The van der Waals surface area contributed by atoms with Gasteiger partial charge in [0.15, 0.2) is 0 Å². The number of benzene rings is 1. The Labute approximate surface area is 526 Å². The van der Waals surface area contributed by atoms with Crippen molar-refractivity contribution in [3.05, 3.63) is 72.5 Å². The normalized spacial score (nSPS) is 15.2. The lowest BCUT2D eigenvalue weighted by Gasteiger charge is -2.29. The quantitative estimate of drug-likeness (QED) is 0.0187. The molecule has 0 fully saturated rings. The minimum Gasteiger partial charge on any atom is -0.481 e. The monoisotopic (exact) mass is 1300 g/mol. The van der Waals surface area contributed by atoms with E-state index in [4.69, 9.17) is 5.73 Å². The molecule has 4 rings (SSSR count). The fraction of sp³-hybridized carbons (Fsp3) is 0.518. The molecule has 4 aromatic rings. The summed E-state index contributed by atoms with van der Waals surface area (Å²) in [5.41, 5.74) is 7.59. The Bertz CT molecular complexity index is 3160. The number of imidazole rings is 2. The summed E-state index contributed by atoms with van der Waals surface area (Å²) in [5, 5.41) is 73.9. The molecule has 3 aromatic heterocycles. The van der Waals surface area contributed by atoms with Crippen molar-refractivity contribution in [3.8, 4) is 0 Å². The minimum atomic E-state index is -1.85. The molecule has 35 heteroatoms. The predicted molar refractivity (Wildman–Crippen MR) is 323 cm³/mol. The molecule has 0 unspecified atom stereocenters. The Morgan fingerprint density at radius 1 is 0.582 bits per heavy atom. The number of carbonyl (C=O) groups is 13. The standard InChI is InChI=1S/C56H80N16O18S/c1-6-27(4)45(56(89)90)71-53(86)40(17-44(78)79)64-42(75)21-61-48(81)38(15-30-19-58-24-62-30)68-54(87)41(23-91)70-49(82)35(11-12-43(76)77)65-50(83)36(13-26(2)3)69-55(88)46(28(5)74)72-52(85)37(14-29-18-60-34-10-8-7-9-32(29)34)67-51(84)39(16-31-20-59-25-63-31)66-47(80)33(57)22-73/h7-10,18-20,24-28,33,35-41,45-46,60,73-74,91H,6,11-17,21-23,57H2,1-5H3,(H,58,62)(H,59,63)(H,61,81)(H,64,75)(H,65,83)(H,66,80)(H,67,84)(H,68,87)(H,69,88)(H,70,82)(H,71,86)(H,72,85)(H,76,77)(H,78,79)(H,89,90)/t27-,28+,33-,35-,36-,37-,38-,39-,40-,41-,45-,46-/m0/s1. The first-order valence-corrected chi connectivity index (χ1v) is 29.5. The number of amides is 10. The average Bonchev–Trinajstić information content (AvgIpc) is 1.82. The lowest BCUT2D eigenvalue weighted by molar-refractivity contribution is -0.144. The molecule has 3 heterocycles. The zero-order valence-electron chi connectivity index (χ0n) is 50.4. The van der Waals surface area contributed by atoms with Gasteiger partial charge in [0.05, 0.1) is 38.3 Å². The van der Waals surface area contributed by atoms with Crippen LogP contribution >= 0.6 is 12.6 Å². The first-order valence-electron chi connectivity index (χ1n) is 28.9. The van der Waals surface area contributed by atoms with Gasteiger partial charge in [0.1, 0.15) is 60.4 Å². The summed E-state index contributed by atoms with van der Waals surface area (Å²) in [6, 6.07) is -8.91. The van der Waals surface area contributed by atoms with Crippen LogP contribution in [0.3, 0.4) is 0 Å². The van der Waals surface area contributed by atoms with Gasteiger partial charge in [-0.2, -0.15) is 12.6 Å². The fourth-order valence-corrected chi connectivity index (χ4v) is 9.30. The molecule has 34 nitrogen and oxygen atoms in total. The summed E-state index contributed by atoms with van der Waals surface area (Å²) in [6.07, 6.45) is 2.33. The average molecular weight is 1300 g/mol. The van der Waals surface area contributed by atoms with Gasteiger partial charge in [-0.05, 0) is 43.2 Å². The van der Waals surface area contributed by atoms with E-state index < -0.39 is 188 Å². The van der Waals surface area contributed by atoms with Crippen molar-refractivity contribution in [2.24, 2.45) is 17.6 Å². The van der Waals surface area contributed by atoms with Crippen molar-refractivity contribution < 1.29 is 87.9 Å². The van der Waals surface area contributed by atoms with Crippen molar-refractivity contribution >= 4 is 101 Å². The Morgan fingerprint density at radius 2 is 1.09 bits per heavy atom. The van der Waals surface area contributed by atoms with Crippen molar-refractivity contribution in [1.82, 2.24) is 78.1 Å². The minimum absolute atomic E-state index is 0.152. The zero-order chi connectivity index (χ0) is 67.6. The van der Waals surface area contributed by atoms with Crippen molar-refractivity contribution in [1.29, 1.82) is 0 Å². The van der Waals surface area contributed by atoms with Crippen LogP contribution < -0.4 is 58.9 Å². The van der Waals surface area contributed by atoms with Crippen LogP contribution in [-0.4, -0.2) is 213 Å².